The van der Waals surface area contributed by atoms with Crippen LogP contribution in [0.1, 0.15) is 52.1 Å². The zero-order chi connectivity index (χ0) is 24.2. The molecule has 178 valence electrons. The minimum atomic E-state index is -0.728. The molecule has 3 aromatic rings. The Morgan fingerprint density at radius 3 is 2.31 bits per heavy atom. The van der Waals surface area contributed by atoms with E-state index >= 15 is 0 Å². The van der Waals surface area contributed by atoms with Crippen LogP contribution < -0.4 is 10.6 Å². The molecule has 0 bridgehead atoms. The number of likely N-dealkylation sites (tertiary alicyclic amines) is 1. The van der Waals surface area contributed by atoms with E-state index in [1.54, 1.807) is 24.3 Å². The zero-order valence-corrected chi connectivity index (χ0v) is 19.0. The molecule has 2 aliphatic heterocycles. The summed E-state index contributed by atoms with van der Waals surface area (Å²) in [5, 5.41) is 5.89. The number of pyridine rings is 1. The average molecular weight is 475 g/mol. The molecule has 2 amide bonds. The molecular weight excluding hydrogens is 450 g/mol. The summed E-state index contributed by atoms with van der Waals surface area (Å²) >= 11 is 0. The Morgan fingerprint density at radius 2 is 1.66 bits per heavy atom. The molecule has 35 heavy (non-hydrogen) atoms. The second kappa shape index (κ2) is 8.15. The standard InChI is InChI=1S/C27H24F2N4O2/c28-18-2-1-3-19(29)23(18)20-14-21(24-22(32-20)15-30-25(24)34)31-17-6-4-16(5-7-17)26(35)33-12-10-27(8-9-27)11-13-33/h1-7,14H,8-13,15H2,(H,30,34)(H,31,32). The molecule has 0 unspecified atom stereocenters. The fourth-order valence-electron chi connectivity index (χ4n) is 5.10. The van der Waals surface area contributed by atoms with Crippen LogP contribution in [0.25, 0.3) is 11.3 Å². The molecule has 6 nitrogen and oxygen atoms in total. The van der Waals surface area contributed by atoms with Crippen LogP contribution in [0.4, 0.5) is 20.2 Å². The van der Waals surface area contributed by atoms with Crippen molar-refractivity contribution in [3.63, 3.8) is 0 Å². The summed E-state index contributed by atoms with van der Waals surface area (Å²) in [6.45, 7) is 1.77. The van der Waals surface area contributed by atoms with Crippen LogP contribution in [-0.2, 0) is 6.54 Å². The molecule has 1 spiro atoms. The molecule has 2 N–H and O–H groups in total. The summed E-state index contributed by atoms with van der Waals surface area (Å²) in [5.41, 5.74) is 2.77. The number of rotatable bonds is 4. The maximum atomic E-state index is 14.4. The van der Waals surface area contributed by atoms with Crippen LogP contribution in [0.5, 0.6) is 0 Å². The molecule has 3 aliphatic rings. The number of nitrogens with zero attached hydrogens (tertiary/aromatic N) is 2. The lowest BCUT2D eigenvalue weighted by Gasteiger charge is -2.32. The second-order valence-corrected chi connectivity index (χ2v) is 9.65. The number of carbonyl (C=O) groups excluding carboxylic acids is 2. The van der Waals surface area contributed by atoms with Crippen LogP contribution in [0, 0.1) is 17.0 Å². The monoisotopic (exact) mass is 474 g/mol. The van der Waals surface area contributed by atoms with Crippen molar-refractivity contribution in [2.75, 3.05) is 18.4 Å². The second-order valence-electron chi connectivity index (χ2n) is 9.65. The van der Waals surface area contributed by atoms with Crippen molar-refractivity contribution in [1.82, 2.24) is 15.2 Å². The van der Waals surface area contributed by atoms with Crippen molar-refractivity contribution in [3.05, 3.63) is 77.0 Å². The number of fused-ring (bicyclic) bond motifs is 1. The molecule has 1 aromatic heterocycles. The van der Waals surface area contributed by atoms with Crippen molar-refractivity contribution in [2.24, 2.45) is 5.41 Å². The van der Waals surface area contributed by atoms with E-state index in [2.05, 4.69) is 15.6 Å². The third-order valence-corrected chi connectivity index (χ3v) is 7.44. The lowest BCUT2D eigenvalue weighted by Crippen LogP contribution is -2.39. The Labute approximate surface area is 201 Å². The van der Waals surface area contributed by atoms with Gasteiger partial charge in [-0.1, -0.05) is 6.07 Å². The summed E-state index contributed by atoms with van der Waals surface area (Å²) in [6.07, 6.45) is 4.74. The Balaban J connectivity index is 1.26. The zero-order valence-electron chi connectivity index (χ0n) is 19.0. The highest BCUT2D eigenvalue weighted by Gasteiger charge is 2.45. The maximum Gasteiger partial charge on any atom is 0.255 e. The number of aromatic nitrogens is 1. The maximum absolute atomic E-state index is 14.4. The Morgan fingerprint density at radius 1 is 0.971 bits per heavy atom. The fourth-order valence-corrected chi connectivity index (χ4v) is 5.10. The van der Waals surface area contributed by atoms with Gasteiger partial charge >= 0.3 is 0 Å². The van der Waals surface area contributed by atoms with E-state index in [0.717, 1.165) is 25.9 Å². The lowest BCUT2D eigenvalue weighted by molar-refractivity contribution is 0.0678. The lowest BCUT2D eigenvalue weighted by atomic mass is 9.93. The van der Waals surface area contributed by atoms with E-state index < -0.39 is 11.6 Å². The molecule has 0 radical (unpaired) electrons. The van der Waals surface area contributed by atoms with Gasteiger partial charge in [0.2, 0.25) is 0 Å². The normalized spacial score (nSPS) is 17.8. The topological polar surface area (TPSA) is 74.3 Å². The number of halogens is 2. The summed E-state index contributed by atoms with van der Waals surface area (Å²) in [7, 11) is 0. The minimum absolute atomic E-state index is 0.0218. The van der Waals surface area contributed by atoms with Crippen LogP contribution >= 0.6 is 0 Å². The molecule has 2 fully saturated rings. The number of carbonyl (C=O) groups is 2. The molecule has 8 heteroatoms. The van der Waals surface area contributed by atoms with E-state index in [4.69, 9.17) is 0 Å². The van der Waals surface area contributed by atoms with E-state index in [1.165, 1.54) is 37.1 Å². The largest absolute Gasteiger partial charge is 0.355 e. The van der Waals surface area contributed by atoms with Crippen LogP contribution in [0.3, 0.4) is 0 Å². The predicted molar refractivity (Wildman–Crippen MR) is 127 cm³/mol. The predicted octanol–water partition coefficient (Wildman–Crippen LogP) is 5.03. The Kier molecular flexibility index (Phi) is 5.05. The van der Waals surface area contributed by atoms with Gasteiger partial charge in [-0.3, -0.25) is 9.59 Å². The number of benzene rings is 2. The molecule has 1 aliphatic carbocycles. The van der Waals surface area contributed by atoms with Crippen molar-refractivity contribution in [1.29, 1.82) is 0 Å². The molecule has 1 saturated heterocycles. The first-order valence-electron chi connectivity index (χ1n) is 11.9. The van der Waals surface area contributed by atoms with Crippen molar-refractivity contribution < 1.29 is 18.4 Å². The third-order valence-electron chi connectivity index (χ3n) is 7.44. The first-order chi connectivity index (χ1) is 16.9. The number of hydrogen-bond donors (Lipinski definition) is 2. The first kappa shape index (κ1) is 21.7. The summed E-state index contributed by atoms with van der Waals surface area (Å²) in [5.74, 6) is -1.74. The molecule has 0 atom stereocenters. The highest BCUT2D eigenvalue weighted by molar-refractivity contribution is 6.04. The number of nitrogens with one attached hydrogen (secondary N) is 2. The van der Waals surface area contributed by atoms with Gasteiger partial charge in [0.05, 0.1) is 34.7 Å². The van der Waals surface area contributed by atoms with E-state index in [0.29, 0.717) is 33.6 Å². The number of anilines is 2. The number of piperidine rings is 1. The van der Waals surface area contributed by atoms with Crippen LogP contribution in [0.2, 0.25) is 0 Å². The van der Waals surface area contributed by atoms with Gasteiger partial charge in [-0.15, -0.1) is 0 Å². The van der Waals surface area contributed by atoms with Crippen molar-refractivity contribution >= 4 is 23.2 Å². The van der Waals surface area contributed by atoms with Gasteiger partial charge < -0.3 is 15.5 Å². The third kappa shape index (κ3) is 3.92. The SMILES string of the molecule is O=C1NCc2nc(-c3c(F)cccc3F)cc(Nc3ccc(C(=O)N4CCC5(CC4)CC5)cc3)c21. The fraction of sp³-hybridized carbons (Fsp3) is 0.296. The molecule has 2 aromatic carbocycles. The van der Waals surface area contributed by atoms with Crippen LogP contribution in [-0.4, -0.2) is 34.8 Å². The van der Waals surface area contributed by atoms with Gasteiger partial charge in [0.25, 0.3) is 11.8 Å². The quantitative estimate of drug-likeness (QED) is 0.556. The smallest absolute Gasteiger partial charge is 0.255 e. The van der Waals surface area contributed by atoms with Gasteiger partial charge in [-0.05, 0) is 73.6 Å². The minimum Gasteiger partial charge on any atom is -0.355 e. The van der Waals surface area contributed by atoms with E-state index in [-0.39, 0.29) is 29.6 Å². The Hall–Kier alpha value is -3.81. The highest BCUT2D eigenvalue weighted by atomic mass is 19.1. The van der Waals surface area contributed by atoms with Crippen LogP contribution in [0.15, 0.2) is 48.5 Å². The van der Waals surface area contributed by atoms with Crippen molar-refractivity contribution in [3.8, 4) is 11.3 Å². The van der Waals surface area contributed by atoms with Gasteiger partial charge in [0.1, 0.15) is 11.6 Å². The first-order valence-corrected chi connectivity index (χ1v) is 11.9. The van der Waals surface area contributed by atoms with Gasteiger partial charge in [0.15, 0.2) is 0 Å². The van der Waals surface area contributed by atoms with Gasteiger partial charge in [0, 0.05) is 24.3 Å². The number of hydrogen-bond acceptors (Lipinski definition) is 4. The average Bonchev–Trinajstić information content (AvgIpc) is 3.50. The van der Waals surface area contributed by atoms with E-state index in [1.807, 2.05) is 4.90 Å². The van der Waals surface area contributed by atoms with E-state index in [9.17, 15) is 18.4 Å². The van der Waals surface area contributed by atoms with Gasteiger partial charge in [-0.2, -0.15) is 0 Å². The molecule has 3 heterocycles. The molecular formula is C27H24F2N4O2. The highest BCUT2D eigenvalue weighted by Crippen LogP contribution is 2.53. The summed E-state index contributed by atoms with van der Waals surface area (Å²) in [4.78, 5) is 31.6. The molecule has 6 rings (SSSR count). The summed E-state index contributed by atoms with van der Waals surface area (Å²) in [6, 6.07) is 12.2. The van der Waals surface area contributed by atoms with Gasteiger partial charge in [-0.25, -0.2) is 13.8 Å². The van der Waals surface area contributed by atoms with Crippen molar-refractivity contribution in [2.45, 2.75) is 32.2 Å². The number of amides is 2. The Bertz CT molecular complexity index is 1320. The summed E-state index contributed by atoms with van der Waals surface area (Å²) < 4.78 is 28.8. The molecule has 1 saturated carbocycles.